The molecule has 0 unspecified atom stereocenters. The Bertz CT molecular complexity index is 752. The topological polar surface area (TPSA) is 79.5 Å². The molecule has 0 aliphatic rings. The Morgan fingerprint density at radius 2 is 1.69 bits per heavy atom. The van der Waals surface area contributed by atoms with Crippen molar-refractivity contribution in [3.63, 3.8) is 0 Å². The van der Waals surface area contributed by atoms with Crippen LogP contribution in [0.5, 0.6) is 5.75 Å². The molecule has 0 saturated heterocycles. The van der Waals surface area contributed by atoms with Crippen molar-refractivity contribution in [1.82, 2.24) is 16.0 Å². The van der Waals surface area contributed by atoms with E-state index in [-0.39, 0.29) is 11.9 Å². The van der Waals surface area contributed by atoms with Crippen LogP contribution in [0.15, 0.2) is 53.0 Å². The van der Waals surface area contributed by atoms with Crippen LogP contribution in [-0.2, 0) is 0 Å². The highest BCUT2D eigenvalue weighted by atomic mass is 79.9. The molecule has 2 rings (SSSR count). The van der Waals surface area contributed by atoms with E-state index in [1.807, 2.05) is 37.3 Å². The van der Waals surface area contributed by atoms with Gasteiger partial charge in [0.15, 0.2) is 0 Å². The molecule has 7 heteroatoms. The maximum atomic E-state index is 11.9. The van der Waals surface area contributed by atoms with Crippen LogP contribution in [0.3, 0.4) is 0 Å². The molecule has 0 spiro atoms. The standard InChI is InChI=1S/C19H22BrN3O3/c1-14-5-2-3-8-17(14)26-12-11-23-19(25)22-10-9-21-18(24)15-6-4-7-16(20)13-15/h2-8,13H,9-12H2,1H3,(H,21,24)(H2,22,23,25). The van der Waals surface area contributed by atoms with Gasteiger partial charge < -0.3 is 20.7 Å². The Morgan fingerprint density at radius 3 is 2.46 bits per heavy atom. The van der Waals surface area contributed by atoms with Gasteiger partial charge in [0.2, 0.25) is 0 Å². The number of carbonyl (C=O) groups excluding carboxylic acids is 2. The third kappa shape index (κ3) is 6.76. The van der Waals surface area contributed by atoms with Gasteiger partial charge in [-0.3, -0.25) is 4.79 Å². The maximum Gasteiger partial charge on any atom is 0.314 e. The number of para-hydroxylation sites is 1. The largest absolute Gasteiger partial charge is 0.491 e. The Kier molecular flexibility index (Phi) is 7.95. The Morgan fingerprint density at radius 1 is 0.962 bits per heavy atom. The van der Waals surface area contributed by atoms with Gasteiger partial charge in [-0.2, -0.15) is 0 Å². The van der Waals surface area contributed by atoms with Crippen molar-refractivity contribution in [1.29, 1.82) is 0 Å². The highest BCUT2D eigenvalue weighted by Crippen LogP contribution is 2.15. The van der Waals surface area contributed by atoms with Crippen molar-refractivity contribution < 1.29 is 14.3 Å². The van der Waals surface area contributed by atoms with E-state index in [1.165, 1.54) is 0 Å². The molecular formula is C19H22BrN3O3. The highest BCUT2D eigenvalue weighted by molar-refractivity contribution is 9.10. The Labute approximate surface area is 161 Å². The zero-order valence-electron chi connectivity index (χ0n) is 14.5. The molecule has 0 atom stereocenters. The number of urea groups is 1. The van der Waals surface area contributed by atoms with E-state index < -0.39 is 0 Å². The van der Waals surface area contributed by atoms with Crippen molar-refractivity contribution in [3.05, 3.63) is 64.1 Å². The number of amides is 3. The maximum absolute atomic E-state index is 11.9. The number of benzene rings is 2. The number of halogens is 1. The summed E-state index contributed by atoms with van der Waals surface area (Å²) in [7, 11) is 0. The number of hydrogen-bond donors (Lipinski definition) is 3. The lowest BCUT2D eigenvalue weighted by molar-refractivity contribution is 0.0953. The van der Waals surface area contributed by atoms with Gasteiger partial charge in [-0.05, 0) is 36.8 Å². The molecule has 0 saturated carbocycles. The monoisotopic (exact) mass is 419 g/mol. The molecule has 0 fully saturated rings. The zero-order valence-corrected chi connectivity index (χ0v) is 16.1. The minimum absolute atomic E-state index is 0.180. The molecule has 0 aliphatic carbocycles. The van der Waals surface area contributed by atoms with Gasteiger partial charge in [-0.15, -0.1) is 0 Å². The predicted molar refractivity (Wildman–Crippen MR) is 105 cm³/mol. The number of rotatable bonds is 8. The van der Waals surface area contributed by atoms with Gasteiger partial charge in [-0.1, -0.05) is 40.2 Å². The first-order chi connectivity index (χ1) is 12.6. The van der Waals surface area contributed by atoms with E-state index >= 15 is 0 Å². The van der Waals surface area contributed by atoms with E-state index in [0.717, 1.165) is 15.8 Å². The SMILES string of the molecule is Cc1ccccc1OCCNC(=O)NCCNC(=O)c1cccc(Br)c1. The van der Waals surface area contributed by atoms with E-state index in [9.17, 15) is 9.59 Å². The Hall–Kier alpha value is -2.54. The van der Waals surface area contributed by atoms with Crippen LogP contribution in [0.1, 0.15) is 15.9 Å². The molecule has 2 aromatic rings. The third-order valence-corrected chi connectivity index (χ3v) is 4.01. The van der Waals surface area contributed by atoms with Crippen LogP contribution in [-0.4, -0.2) is 38.2 Å². The molecule has 138 valence electrons. The number of carbonyl (C=O) groups is 2. The fourth-order valence-electron chi connectivity index (χ4n) is 2.19. The average molecular weight is 420 g/mol. The normalized spacial score (nSPS) is 10.1. The summed E-state index contributed by atoms with van der Waals surface area (Å²) in [5.41, 5.74) is 1.62. The highest BCUT2D eigenvalue weighted by Gasteiger charge is 2.05. The molecule has 26 heavy (non-hydrogen) atoms. The second-order valence-electron chi connectivity index (χ2n) is 5.56. The Balaban J connectivity index is 1.56. The fraction of sp³-hybridized carbons (Fsp3) is 0.263. The predicted octanol–water partition coefficient (Wildman–Crippen LogP) is 2.87. The summed E-state index contributed by atoms with van der Waals surface area (Å²) in [6.45, 7) is 3.43. The summed E-state index contributed by atoms with van der Waals surface area (Å²) in [5, 5.41) is 8.14. The number of nitrogens with one attached hydrogen (secondary N) is 3. The molecule has 3 amide bonds. The van der Waals surface area contributed by atoms with Gasteiger partial charge in [0.1, 0.15) is 12.4 Å². The molecule has 3 N–H and O–H groups in total. The summed E-state index contributed by atoms with van der Waals surface area (Å²) >= 11 is 3.32. The van der Waals surface area contributed by atoms with Crippen LogP contribution in [0, 0.1) is 6.92 Å². The fourth-order valence-corrected chi connectivity index (χ4v) is 2.59. The lowest BCUT2D eigenvalue weighted by Crippen LogP contribution is -2.41. The number of aryl methyl sites for hydroxylation is 1. The van der Waals surface area contributed by atoms with Crippen LogP contribution in [0.2, 0.25) is 0 Å². The molecule has 0 bridgehead atoms. The first-order valence-electron chi connectivity index (χ1n) is 8.30. The van der Waals surface area contributed by atoms with Gasteiger partial charge >= 0.3 is 6.03 Å². The lowest BCUT2D eigenvalue weighted by atomic mass is 10.2. The third-order valence-electron chi connectivity index (χ3n) is 3.52. The van der Waals surface area contributed by atoms with Crippen LogP contribution >= 0.6 is 15.9 Å². The minimum atomic E-state index is -0.296. The second-order valence-corrected chi connectivity index (χ2v) is 6.48. The number of hydrogen-bond acceptors (Lipinski definition) is 3. The molecule has 0 aliphatic heterocycles. The first kappa shape index (κ1) is 19.8. The van der Waals surface area contributed by atoms with Gasteiger partial charge in [0.05, 0.1) is 6.54 Å². The summed E-state index contributed by atoms with van der Waals surface area (Å²) < 4.78 is 6.44. The molecule has 0 heterocycles. The summed E-state index contributed by atoms with van der Waals surface area (Å²) in [6.07, 6.45) is 0. The van der Waals surface area contributed by atoms with Crippen molar-refractivity contribution >= 4 is 27.9 Å². The minimum Gasteiger partial charge on any atom is -0.491 e. The van der Waals surface area contributed by atoms with E-state index in [4.69, 9.17) is 4.74 Å². The quantitative estimate of drug-likeness (QED) is 0.575. The average Bonchev–Trinajstić information content (AvgIpc) is 2.63. The van der Waals surface area contributed by atoms with Gasteiger partial charge in [-0.25, -0.2) is 4.79 Å². The van der Waals surface area contributed by atoms with Gasteiger partial charge in [0.25, 0.3) is 5.91 Å². The number of ether oxygens (including phenoxy) is 1. The van der Waals surface area contributed by atoms with E-state index in [2.05, 4.69) is 31.9 Å². The molecule has 2 aromatic carbocycles. The molecular weight excluding hydrogens is 398 g/mol. The first-order valence-corrected chi connectivity index (χ1v) is 9.09. The summed E-state index contributed by atoms with van der Waals surface area (Å²) in [6, 6.07) is 14.5. The van der Waals surface area contributed by atoms with Crippen LogP contribution < -0.4 is 20.7 Å². The summed E-state index contributed by atoms with van der Waals surface area (Å²) in [5.74, 6) is 0.630. The van der Waals surface area contributed by atoms with Crippen molar-refractivity contribution in [2.75, 3.05) is 26.2 Å². The van der Waals surface area contributed by atoms with Crippen LogP contribution in [0.25, 0.3) is 0 Å². The van der Waals surface area contributed by atoms with Crippen LogP contribution in [0.4, 0.5) is 4.79 Å². The molecule has 0 aromatic heterocycles. The smallest absolute Gasteiger partial charge is 0.314 e. The molecule has 6 nitrogen and oxygen atoms in total. The van der Waals surface area contributed by atoms with E-state index in [1.54, 1.807) is 18.2 Å². The van der Waals surface area contributed by atoms with Crippen molar-refractivity contribution in [2.24, 2.45) is 0 Å². The van der Waals surface area contributed by atoms with Crippen molar-refractivity contribution in [2.45, 2.75) is 6.92 Å². The lowest BCUT2D eigenvalue weighted by Gasteiger charge is -2.11. The second kappa shape index (κ2) is 10.5. The van der Waals surface area contributed by atoms with Gasteiger partial charge in [0, 0.05) is 23.1 Å². The molecule has 0 radical (unpaired) electrons. The van der Waals surface area contributed by atoms with Crippen molar-refractivity contribution in [3.8, 4) is 5.75 Å². The zero-order chi connectivity index (χ0) is 18.8. The summed E-state index contributed by atoms with van der Waals surface area (Å²) in [4.78, 5) is 23.6. The van der Waals surface area contributed by atoms with E-state index in [0.29, 0.717) is 31.8 Å².